The van der Waals surface area contributed by atoms with E-state index in [-0.39, 0.29) is 5.82 Å². The monoisotopic (exact) mass is 282 g/mol. The fourth-order valence-electron chi connectivity index (χ4n) is 1.56. The molecule has 84 valence electrons. The zero-order valence-corrected chi connectivity index (χ0v) is 10.5. The minimum absolute atomic E-state index is 0.182. The Labute approximate surface area is 102 Å². The van der Waals surface area contributed by atoms with Crippen LogP contribution in [0.25, 0.3) is 0 Å². The van der Waals surface area contributed by atoms with Crippen molar-refractivity contribution in [3.8, 4) is 0 Å². The number of aryl methyl sites for hydroxylation is 1. The Morgan fingerprint density at radius 3 is 2.88 bits per heavy atom. The van der Waals surface area contributed by atoms with Crippen LogP contribution < -0.4 is 0 Å². The quantitative estimate of drug-likeness (QED) is 0.844. The van der Waals surface area contributed by atoms with Crippen molar-refractivity contribution >= 4 is 15.9 Å². The highest BCUT2D eigenvalue weighted by molar-refractivity contribution is 9.10. The first-order valence-electron chi connectivity index (χ1n) is 5.14. The minimum Gasteiger partial charge on any atom is -0.273 e. The third-order valence-corrected chi connectivity index (χ3v) is 2.91. The second kappa shape index (κ2) is 4.78. The molecule has 0 spiro atoms. The van der Waals surface area contributed by atoms with Crippen molar-refractivity contribution in [2.24, 2.45) is 0 Å². The van der Waals surface area contributed by atoms with Gasteiger partial charge in [-0.3, -0.25) is 4.68 Å². The fraction of sp³-hybridized carbons (Fsp3) is 0.250. The Bertz CT molecular complexity index is 494. The zero-order valence-electron chi connectivity index (χ0n) is 8.95. The molecule has 0 amide bonds. The lowest BCUT2D eigenvalue weighted by Gasteiger charge is -2.01. The van der Waals surface area contributed by atoms with Crippen LogP contribution in [0.4, 0.5) is 4.39 Å². The maximum absolute atomic E-state index is 13.6. The smallest absolute Gasteiger partial charge is 0.127 e. The van der Waals surface area contributed by atoms with Crippen LogP contribution in [-0.2, 0) is 13.0 Å². The SMILES string of the molecule is CCn1cc(Cc2ccc(Br)cc2F)cn1. The summed E-state index contributed by atoms with van der Waals surface area (Å²) in [7, 11) is 0. The van der Waals surface area contributed by atoms with E-state index in [1.54, 1.807) is 12.3 Å². The molecule has 0 aliphatic rings. The largest absolute Gasteiger partial charge is 0.273 e. The van der Waals surface area contributed by atoms with Gasteiger partial charge >= 0.3 is 0 Å². The van der Waals surface area contributed by atoms with E-state index in [1.807, 2.05) is 23.9 Å². The van der Waals surface area contributed by atoms with Gasteiger partial charge in [0, 0.05) is 23.6 Å². The lowest BCUT2D eigenvalue weighted by Crippen LogP contribution is -1.93. The number of aromatic nitrogens is 2. The minimum atomic E-state index is -0.182. The van der Waals surface area contributed by atoms with Gasteiger partial charge in [0.1, 0.15) is 5.82 Å². The predicted octanol–water partition coefficient (Wildman–Crippen LogP) is 3.40. The predicted molar refractivity (Wildman–Crippen MR) is 64.8 cm³/mol. The average molecular weight is 283 g/mol. The van der Waals surface area contributed by atoms with E-state index in [4.69, 9.17) is 0 Å². The molecule has 2 rings (SSSR count). The maximum Gasteiger partial charge on any atom is 0.127 e. The summed E-state index contributed by atoms with van der Waals surface area (Å²) < 4.78 is 16.2. The Kier molecular flexibility index (Phi) is 3.39. The molecule has 1 aromatic heterocycles. The van der Waals surface area contributed by atoms with Gasteiger partial charge in [0.25, 0.3) is 0 Å². The molecule has 0 aliphatic heterocycles. The highest BCUT2D eigenvalue weighted by atomic mass is 79.9. The van der Waals surface area contributed by atoms with Crippen LogP contribution in [0, 0.1) is 5.82 Å². The summed E-state index contributed by atoms with van der Waals surface area (Å²) >= 11 is 3.24. The zero-order chi connectivity index (χ0) is 11.5. The molecule has 1 aromatic carbocycles. The first-order chi connectivity index (χ1) is 7.69. The number of hydrogen-bond acceptors (Lipinski definition) is 1. The topological polar surface area (TPSA) is 17.8 Å². The van der Waals surface area contributed by atoms with Crippen LogP contribution in [0.3, 0.4) is 0 Å². The number of rotatable bonds is 3. The molecule has 0 atom stereocenters. The Hall–Kier alpha value is -1.16. The first kappa shape index (κ1) is 11.3. The van der Waals surface area contributed by atoms with Gasteiger partial charge in [0.05, 0.1) is 6.20 Å². The van der Waals surface area contributed by atoms with Gasteiger partial charge in [-0.25, -0.2) is 4.39 Å². The Morgan fingerprint density at radius 2 is 2.25 bits per heavy atom. The van der Waals surface area contributed by atoms with Crippen molar-refractivity contribution < 1.29 is 4.39 Å². The molecule has 2 aromatic rings. The summed E-state index contributed by atoms with van der Waals surface area (Å²) in [4.78, 5) is 0. The van der Waals surface area contributed by atoms with Crippen LogP contribution in [0.15, 0.2) is 35.1 Å². The third kappa shape index (κ3) is 2.50. The van der Waals surface area contributed by atoms with E-state index in [0.717, 1.165) is 16.6 Å². The van der Waals surface area contributed by atoms with E-state index >= 15 is 0 Å². The van der Waals surface area contributed by atoms with Crippen molar-refractivity contribution in [1.82, 2.24) is 9.78 Å². The molecule has 1 heterocycles. The first-order valence-corrected chi connectivity index (χ1v) is 5.93. The molecule has 0 saturated heterocycles. The lowest BCUT2D eigenvalue weighted by molar-refractivity contribution is 0.613. The van der Waals surface area contributed by atoms with Gasteiger partial charge in [-0.1, -0.05) is 22.0 Å². The highest BCUT2D eigenvalue weighted by Gasteiger charge is 2.05. The van der Waals surface area contributed by atoms with Crippen molar-refractivity contribution in [1.29, 1.82) is 0 Å². The molecule has 0 saturated carbocycles. The molecule has 0 aliphatic carbocycles. The summed E-state index contributed by atoms with van der Waals surface area (Å²) in [5.41, 5.74) is 1.72. The van der Waals surface area contributed by atoms with E-state index in [1.165, 1.54) is 6.07 Å². The van der Waals surface area contributed by atoms with Gasteiger partial charge in [-0.15, -0.1) is 0 Å². The van der Waals surface area contributed by atoms with E-state index in [9.17, 15) is 4.39 Å². The van der Waals surface area contributed by atoms with E-state index in [2.05, 4.69) is 21.0 Å². The number of nitrogens with zero attached hydrogens (tertiary/aromatic N) is 2. The maximum atomic E-state index is 13.6. The van der Waals surface area contributed by atoms with Crippen molar-refractivity contribution in [3.05, 3.63) is 52.0 Å². The van der Waals surface area contributed by atoms with Crippen LogP contribution >= 0.6 is 15.9 Å². The van der Waals surface area contributed by atoms with E-state index in [0.29, 0.717) is 12.0 Å². The lowest BCUT2D eigenvalue weighted by atomic mass is 10.1. The number of halogens is 2. The summed E-state index contributed by atoms with van der Waals surface area (Å²) in [5.74, 6) is -0.182. The molecular weight excluding hydrogens is 271 g/mol. The van der Waals surface area contributed by atoms with Gasteiger partial charge < -0.3 is 0 Å². The van der Waals surface area contributed by atoms with Gasteiger partial charge in [-0.05, 0) is 30.2 Å². The van der Waals surface area contributed by atoms with Crippen LogP contribution in [-0.4, -0.2) is 9.78 Å². The highest BCUT2D eigenvalue weighted by Crippen LogP contribution is 2.18. The Balaban J connectivity index is 2.20. The second-order valence-corrected chi connectivity index (χ2v) is 4.53. The molecule has 0 radical (unpaired) electrons. The summed E-state index contributed by atoms with van der Waals surface area (Å²) in [6.07, 6.45) is 4.31. The van der Waals surface area contributed by atoms with E-state index < -0.39 is 0 Å². The van der Waals surface area contributed by atoms with Crippen LogP contribution in [0.1, 0.15) is 18.1 Å². The average Bonchev–Trinajstić information content (AvgIpc) is 2.70. The molecule has 4 heteroatoms. The third-order valence-electron chi connectivity index (χ3n) is 2.42. The van der Waals surface area contributed by atoms with Crippen LogP contribution in [0.5, 0.6) is 0 Å². The van der Waals surface area contributed by atoms with Crippen molar-refractivity contribution in [2.45, 2.75) is 19.9 Å². The second-order valence-electron chi connectivity index (χ2n) is 3.62. The Morgan fingerprint density at radius 1 is 1.44 bits per heavy atom. The standard InChI is InChI=1S/C12H12BrFN2/c1-2-16-8-9(7-15-16)5-10-3-4-11(13)6-12(10)14/h3-4,6-8H,2,5H2,1H3. The molecule has 0 fully saturated rings. The van der Waals surface area contributed by atoms with Gasteiger partial charge in [-0.2, -0.15) is 5.10 Å². The summed E-state index contributed by atoms with van der Waals surface area (Å²) in [5, 5.41) is 4.16. The number of hydrogen-bond donors (Lipinski definition) is 0. The van der Waals surface area contributed by atoms with Gasteiger partial charge in [0.15, 0.2) is 0 Å². The normalized spacial score (nSPS) is 10.7. The summed E-state index contributed by atoms with van der Waals surface area (Å²) in [6.45, 7) is 2.86. The van der Waals surface area contributed by atoms with Crippen molar-refractivity contribution in [3.63, 3.8) is 0 Å². The fourth-order valence-corrected chi connectivity index (χ4v) is 1.89. The number of benzene rings is 1. The molecule has 16 heavy (non-hydrogen) atoms. The van der Waals surface area contributed by atoms with Crippen molar-refractivity contribution in [2.75, 3.05) is 0 Å². The van der Waals surface area contributed by atoms with Gasteiger partial charge in [0.2, 0.25) is 0 Å². The molecule has 0 N–H and O–H groups in total. The summed E-state index contributed by atoms with van der Waals surface area (Å²) in [6, 6.07) is 5.13. The molecule has 0 unspecified atom stereocenters. The van der Waals surface area contributed by atoms with Crippen LogP contribution in [0.2, 0.25) is 0 Å². The molecular formula is C12H12BrFN2. The molecule has 0 bridgehead atoms. The molecule has 2 nitrogen and oxygen atoms in total.